The monoisotopic (exact) mass is 512 g/mol. The molecule has 1 atom stereocenters. The van der Waals surface area contributed by atoms with Gasteiger partial charge in [-0.2, -0.15) is 11.3 Å². The fraction of sp³-hybridized carbons (Fsp3) is 0.357. The van der Waals surface area contributed by atoms with Crippen molar-refractivity contribution in [3.05, 3.63) is 92.9 Å². The minimum absolute atomic E-state index is 0.101. The first-order valence-electron chi connectivity index (χ1n) is 12.1. The van der Waals surface area contributed by atoms with Crippen molar-refractivity contribution in [1.29, 1.82) is 0 Å². The van der Waals surface area contributed by atoms with Crippen LogP contribution >= 0.6 is 22.9 Å². The summed E-state index contributed by atoms with van der Waals surface area (Å²) in [5, 5.41) is 7.73. The molecule has 0 spiro atoms. The predicted molar refractivity (Wildman–Crippen MR) is 139 cm³/mol. The molecule has 1 saturated carbocycles. The Morgan fingerprint density at radius 3 is 2.37 bits per heavy atom. The van der Waals surface area contributed by atoms with Crippen LogP contribution in [-0.2, 0) is 22.4 Å². The fourth-order valence-electron chi connectivity index (χ4n) is 4.61. The number of thiophene rings is 1. The van der Waals surface area contributed by atoms with Crippen LogP contribution in [0.1, 0.15) is 54.8 Å². The minimum Gasteiger partial charge on any atom is -0.351 e. The summed E-state index contributed by atoms with van der Waals surface area (Å²) in [6.07, 6.45) is 6.01. The van der Waals surface area contributed by atoms with Crippen molar-refractivity contribution in [3.63, 3.8) is 0 Å². The molecule has 0 aliphatic heterocycles. The Bertz CT molecular complexity index is 1100. The van der Waals surface area contributed by atoms with Gasteiger partial charge in [0.05, 0.1) is 6.42 Å². The Morgan fingerprint density at radius 2 is 1.71 bits per heavy atom. The maximum Gasteiger partial charge on any atom is 0.247 e. The molecule has 1 fully saturated rings. The molecular weight excluding hydrogens is 483 g/mol. The number of carbonyl (C=O) groups is 2. The van der Waals surface area contributed by atoms with Crippen LogP contribution in [0.3, 0.4) is 0 Å². The summed E-state index contributed by atoms with van der Waals surface area (Å²) < 4.78 is 13.7. The van der Waals surface area contributed by atoms with E-state index in [0.717, 1.165) is 36.8 Å². The highest BCUT2D eigenvalue weighted by Gasteiger charge is 2.32. The van der Waals surface area contributed by atoms with Gasteiger partial charge in [0.2, 0.25) is 11.8 Å². The van der Waals surface area contributed by atoms with Crippen molar-refractivity contribution in [2.24, 2.45) is 0 Å². The lowest BCUT2D eigenvalue weighted by Crippen LogP contribution is -2.48. The molecule has 1 N–H and O–H groups in total. The van der Waals surface area contributed by atoms with E-state index in [1.165, 1.54) is 29.9 Å². The highest BCUT2D eigenvalue weighted by atomic mass is 35.5. The van der Waals surface area contributed by atoms with Crippen molar-refractivity contribution in [2.45, 2.75) is 57.0 Å². The van der Waals surface area contributed by atoms with Crippen molar-refractivity contribution < 1.29 is 14.0 Å². The molecule has 1 aliphatic carbocycles. The summed E-state index contributed by atoms with van der Waals surface area (Å²) in [7, 11) is 0. The SMILES string of the molecule is O=C(NC1CCCCC1)[C@H](c1ccc(F)cc1)N(CCc1ccc(Cl)cc1)C(=O)Cc1ccsc1. The molecule has 184 valence electrons. The molecule has 0 saturated heterocycles. The van der Waals surface area contributed by atoms with Gasteiger partial charge in [-0.3, -0.25) is 9.59 Å². The Morgan fingerprint density at radius 1 is 1.00 bits per heavy atom. The van der Waals surface area contributed by atoms with Crippen LogP contribution < -0.4 is 5.32 Å². The molecule has 2 amide bonds. The van der Waals surface area contributed by atoms with Gasteiger partial charge in [0, 0.05) is 17.6 Å². The number of carbonyl (C=O) groups excluding carboxylic acids is 2. The smallest absolute Gasteiger partial charge is 0.247 e. The van der Waals surface area contributed by atoms with Crippen molar-refractivity contribution in [1.82, 2.24) is 10.2 Å². The van der Waals surface area contributed by atoms with Gasteiger partial charge in [0.15, 0.2) is 0 Å². The van der Waals surface area contributed by atoms with Gasteiger partial charge in [-0.15, -0.1) is 0 Å². The number of rotatable bonds is 9. The highest BCUT2D eigenvalue weighted by Crippen LogP contribution is 2.26. The average molecular weight is 513 g/mol. The van der Waals surface area contributed by atoms with E-state index in [1.807, 2.05) is 41.1 Å². The van der Waals surface area contributed by atoms with Crippen LogP contribution in [0, 0.1) is 5.82 Å². The molecule has 2 aromatic carbocycles. The summed E-state index contributed by atoms with van der Waals surface area (Å²) in [5.74, 6) is -0.721. The van der Waals surface area contributed by atoms with E-state index < -0.39 is 6.04 Å². The molecule has 4 rings (SSSR count). The molecule has 1 aliphatic rings. The first-order valence-corrected chi connectivity index (χ1v) is 13.4. The normalized spacial score (nSPS) is 14.9. The van der Waals surface area contributed by atoms with Crippen LogP contribution in [0.4, 0.5) is 4.39 Å². The minimum atomic E-state index is -0.837. The maximum atomic E-state index is 13.7. The molecule has 4 nitrogen and oxygen atoms in total. The number of benzene rings is 2. The maximum absolute atomic E-state index is 13.7. The third kappa shape index (κ3) is 7.15. The molecule has 1 heterocycles. The van der Waals surface area contributed by atoms with Gasteiger partial charge in [-0.25, -0.2) is 4.39 Å². The number of halogens is 2. The standard InChI is InChI=1S/C28H30ClFN2O2S/c29-23-10-6-20(7-11-23)14-16-32(26(33)18-21-15-17-35-19-21)27(22-8-12-24(30)13-9-22)28(34)31-25-4-2-1-3-5-25/h6-13,15,17,19,25,27H,1-5,14,16,18H2,(H,31,34)/t27-/m0/s1. The van der Waals surface area contributed by atoms with Gasteiger partial charge in [-0.1, -0.05) is 55.1 Å². The van der Waals surface area contributed by atoms with Gasteiger partial charge in [0.25, 0.3) is 0 Å². The summed E-state index contributed by atoms with van der Waals surface area (Å²) in [6.45, 7) is 0.352. The van der Waals surface area contributed by atoms with Crippen LogP contribution in [0.2, 0.25) is 5.02 Å². The third-order valence-electron chi connectivity index (χ3n) is 6.51. The Kier molecular flexibility index (Phi) is 8.94. The quantitative estimate of drug-likeness (QED) is 0.363. The lowest BCUT2D eigenvalue weighted by molar-refractivity contribution is -0.140. The number of nitrogens with one attached hydrogen (secondary N) is 1. The van der Waals surface area contributed by atoms with Gasteiger partial charge >= 0.3 is 0 Å². The molecule has 0 radical (unpaired) electrons. The zero-order chi connectivity index (χ0) is 24.6. The number of amides is 2. The number of nitrogens with zero attached hydrogens (tertiary/aromatic N) is 1. The molecule has 35 heavy (non-hydrogen) atoms. The second kappa shape index (κ2) is 12.3. The number of hydrogen-bond donors (Lipinski definition) is 1. The lowest BCUT2D eigenvalue weighted by Gasteiger charge is -2.33. The predicted octanol–water partition coefficient (Wildman–Crippen LogP) is 6.34. The summed E-state index contributed by atoms with van der Waals surface area (Å²) >= 11 is 7.57. The zero-order valence-corrected chi connectivity index (χ0v) is 21.2. The van der Waals surface area contributed by atoms with Gasteiger partial charge in [0.1, 0.15) is 11.9 Å². The molecular formula is C28H30ClFN2O2S. The van der Waals surface area contributed by atoms with Crippen LogP contribution in [0.5, 0.6) is 0 Å². The van der Waals surface area contributed by atoms with E-state index in [1.54, 1.807) is 17.0 Å². The van der Waals surface area contributed by atoms with Crippen LogP contribution in [0.15, 0.2) is 65.4 Å². The fourth-order valence-corrected chi connectivity index (χ4v) is 5.41. The number of hydrogen-bond acceptors (Lipinski definition) is 3. The zero-order valence-electron chi connectivity index (χ0n) is 19.6. The Labute approximate surface area is 215 Å². The summed E-state index contributed by atoms with van der Waals surface area (Å²) in [5.41, 5.74) is 2.55. The van der Waals surface area contributed by atoms with E-state index in [-0.39, 0.29) is 30.1 Å². The van der Waals surface area contributed by atoms with Crippen LogP contribution in [0.25, 0.3) is 0 Å². The first kappa shape index (κ1) is 25.4. The summed E-state index contributed by atoms with van der Waals surface area (Å²) in [6, 6.07) is 14.6. The topological polar surface area (TPSA) is 49.4 Å². The Balaban J connectivity index is 1.63. The molecule has 7 heteroatoms. The average Bonchev–Trinajstić information content (AvgIpc) is 3.37. The molecule has 0 unspecified atom stereocenters. The second-order valence-corrected chi connectivity index (χ2v) is 10.3. The van der Waals surface area contributed by atoms with E-state index in [9.17, 15) is 14.0 Å². The van der Waals surface area contributed by atoms with E-state index in [0.29, 0.717) is 23.6 Å². The first-order chi connectivity index (χ1) is 17.0. The second-order valence-electron chi connectivity index (χ2n) is 9.07. The van der Waals surface area contributed by atoms with Gasteiger partial charge < -0.3 is 10.2 Å². The summed E-state index contributed by atoms with van der Waals surface area (Å²) in [4.78, 5) is 29.0. The van der Waals surface area contributed by atoms with Crippen molar-refractivity contribution in [3.8, 4) is 0 Å². The van der Waals surface area contributed by atoms with E-state index in [4.69, 9.17) is 11.6 Å². The Hall–Kier alpha value is -2.70. The third-order valence-corrected chi connectivity index (χ3v) is 7.49. The largest absolute Gasteiger partial charge is 0.351 e. The van der Waals surface area contributed by atoms with Crippen molar-refractivity contribution in [2.75, 3.05) is 6.54 Å². The lowest BCUT2D eigenvalue weighted by atomic mass is 9.94. The molecule has 3 aromatic rings. The highest BCUT2D eigenvalue weighted by molar-refractivity contribution is 7.08. The molecule has 1 aromatic heterocycles. The van der Waals surface area contributed by atoms with E-state index in [2.05, 4.69) is 5.32 Å². The van der Waals surface area contributed by atoms with Gasteiger partial charge in [-0.05, 0) is 77.0 Å². The molecule has 0 bridgehead atoms. The van der Waals surface area contributed by atoms with Crippen molar-refractivity contribution >= 4 is 34.8 Å². The van der Waals surface area contributed by atoms with Crippen LogP contribution in [-0.4, -0.2) is 29.3 Å². The van der Waals surface area contributed by atoms with E-state index >= 15 is 0 Å².